The number of benzene rings is 1. The number of nitrogens with zero attached hydrogens (tertiary/aromatic N) is 4. The molecule has 0 atom stereocenters. The molecule has 0 bridgehead atoms. The van der Waals surface area contributed by atoms with Crippen LogP contribution < -0.4 is 4.74 Å². The molecule has 0 radical (unpaired) electrons. The van der Waals surface area contributed by atoms with Crippen LogP contribution in [0.3, 0.4) is 0 Å². The Kier molecular flexibility index (Phi) is 2.79. The molecule has 0 fully saturated rings. The summed E-state index contributed by atoms with van der Waals surface area (Å²) >= 11 is 0. The number of aromatic nitrogens is 4. The molecule has 0 aliphatic heterocycles. The lowest BCUT2D eigenvalue weighted by Crippen LogP contribution is -2.02. The Labute approximate surface area is 113 Å². The lowest BCUT2D eigenvalue weighted by atomic mass is 10.1. The van der Waals surface area contributed by atoms with Crippen LogP contribution in [0.2, 0.25) is 0 Å². The summed E-state index contributed by atoms with van der Waals surface area (Å²) in [4.78, 5) is 15.3. The second-order valence-electron chi connectivity index (χ2n) is 4.20. The Morgan fingerprint density at radius 2 is 2.25 bits per heavy atom. The Balaban J connectivity index is 2.07. The predicted molar refractivity (Wildman–Crippen MR) is 69.0 cm³/mol. The van der Waals surface area contributed by atoms with E-state index in [0.717, 1.165) is 5.56 Å². The molecule has 1 aromatic carbocycles. The fraction of sp³-hybridized carbons (Fsp3) is 0.0769. The van der Waals surface area contributed by atoms with Gasteiger partial charge in [-0.05, 0) is 19.1 Å². The minimum Gasteiger partial charge on any atom is -0.478 e. The van der Waals surface area contributed by atoms with Gasteiger partial charge in [-0.25, -0.2) is 9.78 Å². The highest BCUT2D eigenvalue weighted by Crippen LogP contribution is 2.26. The topological polar surface area (TPSA) is 89.6 Å². The first kappa shape index (κ1) is 12.1. The number of hydrogen-bond acceptors (Lipinski definition) is 5. The Morgan fingerprint density at radius 1 is 1.40 bits per heavy atom. The van der Waals surface area contributed by atoms with Crippen molar-refractivity contribution in [1.29, 1.82) is 0 Å². The van der Waals surface area contributed by atoms with Crippen molar-refractivity contribution in [1.82, 2.24) is 19.6 Å². The fourth-order valence-corrected chi connectivity index (χ4v) is 1.81. The summed E-state index contributed by atoms with van der Waals surface area (Å²) in [5.41, 5.74) is 1.33. The zero-order valence-electron chi connectivity index (χ0n) is 10.5. The number of fused-ring (bicyclic) bond motifs is 1. The number of carboxylic acid groups (broad SMARTS) is 1. The third-order valence-electron chi connectivity index (χ3n) is 2.76. The van der Waals surface area contributed by atoms with Gasteiger partial charge in [0.2, 0.25) is 5.65 Å². The van der Waals surface area contributed by atoms with Crippen molar-refractivity contribution in [3.63, 3.8) is 0 Å². The normalized spacial score (nSPS) is 10.7. The standard InChI is InChI=1S/C13H10N4O3/c1-8-2-3-10(9(6-8)13(18)19)20-12-11-16-15-7-17(11)5-4-14-12/h2-7H,1H3,(H,18,19). The van der Waals surface area contributed by atoms with E-state index in [-0.39, 0.29) is 17.2 Å². The molecular weight excluding hydrogens is 260 g/mol. The molecule has 0 spiro atoms. The third kappa shape index (κ3) is 2.05. The second-order valence-corrected chi connectivity index (χ2v) is 4.20. The zero-order valence-corrected chi connectivity index (χ0v) is 10.5. The number of carbonyl (C=O) groups is 1. The van der Waals surface area contributed by atoms with Crippen molar-refractivity contribution in [2.45, 2.75) is 6.92 Å². The van der Waals surface area contributed by atoms with Crippen molar-refractivity contribution in [3.8, 4) is 11.6 Å². The molecule has 0 saturated carbocycles. The number of hydrogen-bond donors (Lipinski definition) is 1. The van der Waals surface area contributed by atoms with Gasteiger partial charge in [0.15, 0.2) is 0 Å². The monoisotopic (exact) mass is 270 g/mol. The van der Waals surface area contributed by atoms with E-state index >= 15 is 0 Å². The van der Waals surface area contributed by atoms with Crippen molar-refractivity contribution in [3.05, 3.63) is 48.0 Å². The van der Waals surface area contributed by atoms with E-state index in [4.69, 9.17) is 4.74 Å². The quantitative estimate of drug-likeness (QED) is 0.782. The number of ether oxygens (including phenoxy) is 1. The van der Waals surface area contributed by atoms with Crippen LogP contribution in [-0.4, -0.2) is 30.7 Å². The van der Waals surface area contributed by atoms with Gasteiger partial charge in [-0.3, -0.25) is 4.40 Å². The molecular formula is C13H10N4O3. The van der Waals surface area contributed by atoms with E-state index in [2.05, 4.69) is 15.2 Å². The average Bonchev–Trinajstić information content (AvgIpc) is 2.90. The zero-order chi connectivity index (χ0) is 14.1. The van der Waals surface area contributed by atoms with Crippen LogP contribution in [-0.2, 0) is 0 Å². The highest BCUT2D eigenvalue weighted by atomic mass is 16.5. The van der Waals surface area contributed by atoms with Gasteiger partial charge in [0.1, 0.15) is 17.6 Å². The van der Waals surface area contributed by atoms with Gasteiger partial charge in [-0.1, -0.05) is 11.6 Å². The van der Waals surface area contributed by atoms with Crippen molar-refractivity contribution >= 4 is 11.6 Å². The molecule has 2 aromatic heterocycles. The Morgan fingerprint density at radius 3 is 3.05 bits per heavy atom. The van der Waals surface area contributed by atoms with Crippen LogP contribution >= 0.6 is 0 Å². The fourth-order valence-electron chi connectivity index (χ4n) is 1.81. The molecule has 100 valence electrons. The first-order valence-electron chi connectivity index (χ1n) is 5.81. The van der Waals surface area contributed by atoms with Crippen LogP contribution in [0, 0.1) is 6.92 Å². The van der Waals surface area contributed by atoms with Gasteiger partial charge in [0, 0.05) is 12.4 Å². The molecule has 0 unspecified atom stereocenters. The van der Waals surface area contributed by atoms with Gasteiger partial charge < -0.3 is 9.84 Å². The summed E-state index contributed by atoms with van der Waals surface area (Å²) in [6, 6.07) is 4.91. The SMILES string of the molecule is Cc1ccc(Oc2nccn3cnnc23)c(C(=O)O)c1. The maximum absolute atomic E-state index is 11.2. The maximum Gasteiger partial charge on any atom is 0.339 e. The number of rotatable bonds is 3. The van der Waals surface area contributed by atoms with E-state index in [1.54, 1.807) is 28.8 Å². The third-order valence-corrected chi connectivity index (χ3v) is 2.76. The van der Waals surface area contributed by atoms with Gasteiger partial charge >= 0.3 is 5.97 Å². The van der Waals surface area contributed by atoms with Gasteiger partial charge in [-0.15, -0.1) is 10.2 Å². The van der Waals surface area contributed by atoms with Crippen LogP contribution in [0.4, 0.5) is 0 Å². The largest absolute Gasteiger partial charge is 0.478 e. The van der Waals surface area contributed by atoms with Crippen molar-refractivity contribution in [2.75, 3.05) is 0 Å². The van der Waals surface area contributed by atoms with E-state index in [0.29, 0.717) is 5.65 Å². The molecule has 0 amide bonds. The number of carboxylic acids is 1. The molecule has 0 saturated heterocycles. The Bertz CT molecular complexity index is 797. The van der Waals surface area contributed by atoms with Crippen LogP contribution in [0.5, 0.6) is 11.6 Å². The smallest absolute Gasteiger partial charge is 0.339 e. The van der Waals surface area contributed by atoms with Crippen LogP contribution in [0.15, 0.2) is 36.9 Å². The minimum atomic E-state index is -1.06. The van der Waals surface area contributed by atoms with Crippen molar-refractivity contribution < 1.29 is 14.6 Å². The second kappa shape index (κ2) is 4.61. The highest BCUT2D eigenvalue weighted by molar-refractivity contribution is 5.91. The summed E-state index contributed by atoms with van der Waals surface area (Å²) < 4.78 is 7.22. The maximum atomic E-state index is 11.2. The van der Waals surface area contributed by atoms with Crippen LogP contribution in [0.1, 0.15) is 15.9 Å². The first-order valence-corrected chi connectivity index (χ1v) is 5.81. The molecule has 1 N–H and O–H groups in total. The molecule has 3 aromatic rings. The summed E-state index contributed by atoms with van der Waals surface area (Å²) in [6.07, 6.45) is 4.72. The number of aryl methyl sites for hydroxylation is 1. The first-order chi connectivity index (χ1) is 9.65. The minimum absolute atomic E-state index is 0.0771. The molecule has 7 heteroatoms. The van der Waals surface area contributed by atoms with E-state index in [1.807, 2.05) is 6.92 Å². The lowest BCUT2D eigenvalue weighted by molar-refractivity contribution is 0.0694. The summed E-state index contributed by atoms with van der Waals surface area (Å²) in [5, 5.41) is 16.8. The molecule has 3 rings (SSSR count). The van der Waals surface area contributed by atoms with Gasteiger partial charge in [0.25, 0.3) is 5.88 Å². The van der Waals surface area contributed by atoms with E-state index in [1.165, 1.54) is 12.5 Å². The molecule has 20 heavy (non-hydrogen) atoms. The van der Waals surface area contributed by atoms with Crippen molar-refractivity contribution in [2.24, 2.45) is 0 Å². The summed E-state index contributed by atoms with van der Waals surface area (Å²) in [5.74, 6) is -0.639. The highest BCUT2D eigenvalue weighted by Gasteiger charge is 2.15. The van der Waals surface area contributed by atoms with Gasteiger partial charge in [-0.2, -0.15) is 0 Å². The van der Waals surface area contributed by atoms with E-state index in [9.17, 15) is 9.90 Å². The van der Waals surface area contributed by atoms with Gasteiger partial charge in [0.05, 0.1) is 0 Å². The lowest BCUT2D eigenvalue weighted by Gasteiger charge is -2.08. The van der Waals surface area contributed by atoms with Crippen LogP contribution in [0.25, 0.3) is 5.65 Å². The molecule has 2 heterocycles. The summed E-state index contributed by atoms with van der Waals surface area (Å²) in [7, 11) is 0. The molecule has 7 nitrogen and oxygen atoms in total. The predicted octanol–water partition coefficient (Wildman–Crippen LogP) is 1.92. The summed E-state index contributed by atoms with van der Waals surface area (Å²) in [6.45, 7) is 1.81. The number of aromatic carboxylic acids is 1. The molecule has 0 aliphatic carbocycles. The Hall–Kier alpha value is -2.96. The van der Waals surface area contributed by atoms with E-state index < -0.39 is 5.97 Å². The molecule has 0 aliphatic rings. The average molecular weight is 270 g/mol.